The van der Waals surface area contributed by atoms with Crippen LogP contribution in [-0.4, -0.2) is 19.7 Å². The SMILES string of the molecule is NCc1nc(-c2ccc(-n3cc[nH]c3=O)cc2)no1. The average molecular weight is 257 g/mol. The summed E-state index contributed by atoms with van der Waals surface area (Å²) in [7, 11) is 0. The molecule has 0 aliphatic heterocycles. The molecule has 0 radical (unpaired) electrons. The molecule has 2 heterocycles. The number of hydrogen-bond donors (Lipinski definition) is 2. The molecular weight excluding hydrogens is 246 g/mol. The summed E-state index contributed by atoms with van der Waals surface area (Å²) in [6.45, 7) is 0.212. The maximum atomic E-state index is 11.5. The van der Waals surface area contributed by atoms with Gasteiger partial charge in [0.2, 0.25) is 11.7 Å². The summed E-state index contributed by atoms with van der Waals surface area (Å²) in [5, 5.41) is 3.83. The van der Waals surface area contributed by atoms with E-state index in [0.717, 1.165) is 11.3 Å². The van der Waals surface area contributed by atoms with Crippen molar-refractivity contribution in [3.8, 4) is 17.1 Å². The summed E-state index contributed by atoms with van der Waals surface area (Å²) in [4.78, 5) is 18.2. The topological polar surface area (TPSA) is 103 Å². The van der Waals surface area contributed by atoms with Crippen LogP contribution in [0.1, 0.15) is 5.89 Å². The molecule has 19 heavy (non-hydrogen) atoms. The third-order valence-electron chi connectivity index (χ3n) is 2.70. The Morgan fingerprint density at radius 1 is 1.32 bits per heavy atom. The molecule has 7 heteroatoms. The zero-order chi connectivity index (χ0) is 13.2. The molecule has 0 saturated heterocycles. The summed E-state index contributed by atoms with van der Waals surface area (Å²) in [6, 6.07) is 7.26. The lowest BCUT2D eigenvalue weighted by atomic mass is 10.2. The first-order chi connectivity index (χ1) is 9.28. The highest BCUT2D eigenvalue weighted by atomic mass is 16.5. The summed E-state index contributed by atoms with van der Waals surface area (Å²) in [6.07, 6.45) is 3.25. The maximum Gasteiger partial charge on any atom is 0.330 e. The van der Waals surface area contributed by atoms with Crippen molar-refractivity contribution in [2.45, 2.75) is 6.54 Å². The summed E-state index contributed by atoms with van der Waals surface area (Å²) >= 11 is 0. The molecule has 0 amide bonds. The number of imidazole rings is 1. The fourth-order valence-electron chi connectivity index (χ4n) is 1.75. The molecule has 7 nitrogen and oxygen atoms in total. The average Bonchev–Trinajstić information content (AvgIpc) is 3.07. The molecular formula is C12H11N5O2. The fourth-order valence-corrected chi connectivity index (χ4v) is 1.75. The second-order valence-electron chi connectivity index (χ2n) is 3.90. The van der Waals surface area contributed by atoms with Crippen molar-refractivity contribution in [1.82, 2.24) is 19.7 Å². The largest absolute Gasteiger partial charge is 0.338 e. The minimum Gasteiger partial charge on any atom is -0.338 e. The van der Waals surface area contributed by atoms with Crippen LogP contribution in [-0.2, 0) is 6.54 Å². The van der Waals surface area contributed by atoms with Crippen LogP contribution in [0.25, 0.3) is 17.1 Å². The van der Waals surface area contributed by atoms with Crippen LogP contribution in [0.3, 0.4) is 0 Å². The lowest BCUT2D eigenvalue weighted by Crippen LogP contribution is -2.13. The van der Waals surface area contributed by atoms with Gasteiger partial charge < -0.3 is 15.2 Å². The number of nitrogens with one attached hydrogen (secondary N) is 1. The molecule has 0 fully saturated rings. The van der Waals surface area contributed by atoms with Gasteiger partial charge in [-0.1, -0.05) is 5.16 Å². The van der Waals surface area contributed by atoms with Crippen LogP contribution in [0.2, 0.25) is 0 Å². The fraction of sp³-hybridized carbons (Fsp3) is 0.0833. The molecule has 0 unspecified atom stereocenters. The van der Waals surface area contributed by atoms with Crippen LogP contribution < -0.4 is 11.4 Å². The number of aromatic amines is 1. The highest BCUT2D eigenvalue weighted by Gasteiger charge is 2.07. The van der Waals surface area contributed by atoms with Crippen molar-refractivity contribution in [3.63, 3.8) is 0 Å². The Balaban J connectivity index is 1.95. The van der Waals surface area contributed by atoms with Crippen molar-refractivity contribution in [1.29, 1.82) is 0 Å². The zero-order valence-electron chi connectivity index (χ0n) is 9.91. The quantitative estimate of drug-likeness (QED) is 0.718. The van der Waals surface area contributed by atoms with E-state index in [0.29, 0.717) is 11.7 Å². The van der Waals surface area contributed by atoms with E-state index in [1.807, 2.05) is 24.3 Å². The molecule has 3 aromatic rings. The lowest BCUT2D eigenvalue weighted by Gasteiger charge is -2.01. The second-order valence-corrected chi connectivity index (χ2v) is 3.90. The third kappa shape index (κ3) is 2.06. The number of rotatable bonds is 3. The number of H-pyrrole nitrogens is 1. The maximum absolute atomic E-state index is 11.5. The third-order valence-corrected chi connectivity index (χ3v) is 2.70. The highest BCUT2D eigenvalue weighted by molar-refractivity contribution is 5.56. The van der Waals surface area contributed by atoms with Gasteiger partial charge >= 0.3 is 5.69 Å². The normalized spacial score (nSPS) is 10.8. The van der Waals surface area contributed by atoms with Gasteiger partial charge in [-0.05, 0) is 24.3 Å². The minimum atomic E-state index is -0.183. The molecule has 0 aliphatic rings. The molecule has 0 saturated carbocycles. The van der Waals surface area contributed by atoms with Crippen molar-refractivity contribution in [2.24, 2.45) is 5.73 Å². The Morgan fingerprint density at radius 2 is 2.11 bits per heavy atom. The van der Waals surface area contributed by atoms with E-state index in [9.17, 15) is 4.79 Å². The predicted octanol–water partition coefficient (Wildman–Crippen LogP) is 0.674. The van der Waals surface area contributed by atoms with E-state index in [-0.39, 0.29) is 12.2 Å². The number of hydrogen-bond acceptors (Lipinski definition) is 5. The smallest absolute Gasteiger partial charge is 0.330 e. The molecule has 3 N–H and O–H groups in total. The van der Waals surface area contributed by atoms with Gasteiger partial charge in [0.1, 0.15) is 0 Å². The first-order valence-electron chi connectivity index (χ1n) is 5.67. The van der Waals surface area contributed by atoms with E-state index in [1.54, 1.807) is 12.4 Å². The first-order valence-corrected chi connectivity index (χ1v) is 5.67. The van der Waals surface area contributed by atoms with E-state index in [1.165, 1.54) is 4.57 Å². The van der Waals surface area contributed by atoms with Crippen LogP contribution in [0.15, 0.2) is 46.0 Å². The Labute approximate surface area is 107 Å². The number of benzene rings is 1. The van der Waals surface area contributed by atoms with Crippen molar-refractivity contribution >= 4 is 0 Å². The predicted molar refractivity (Wildman–Crippen MR) is 67.6 cm³/mol. The summed E-state index contributed by atoms with van der Waals surface area (Å²) in [5.74, 6) is 0.870. The molecule has 0 atom stereocenters. The molecule has 0 spiro atoms. The number of nitrogens with zero attached hydrogens (tertiary/aromatic N) is 3. The summed E-state index contributed by atoms with van der Waals surface area (Å²) in [5.41, 5.74) is 6.79. The van der Waals surface area contributed by atoms with Crippen molar-refractivity contribution < 1.29 is 4.52 Å². The van der Waals surface area contributed by atoms with E-state index >= 15 is 0 Å². The Bertz CT molecular complexity index is 738. The molecule has 0 bridgehead atoms. The van der Waals surface area contributed by atoms with Crippen molar-refractivity contribution in [2.75, 3.05) is 0 Å². The van der Waals surface area contributed by atoms with Gasteiger partial charge in [0.15, 0.2) is 0 Å². The van der Waals surface area contributed by atoms with E-state index in [2.05, 4.69) is 15.1 Å². The van der Waals surface area contributed by atoms with E-state index in [4.69, 9.17) is 10.3 Å². The van der Waals surface area contributed by atoms with Gasteiger partial charge in [0.05, 0.1) is 12.2 Å². The molecule has 1 aromatic carbocycles. The van der Waals surface area contributed by atoms with Crippen LogP contribution in [0, 0.1) is 0 Å². The van der Waals surface area contributed by atoms with Gasteiger partial charge in [-0.15, -0.1) is 0 Å². The molecule has 3 rings (SSSR count). The monoisotopic (exact) mass is 257 g/mol. The van der Waals surface area contributed by atoms with Gasteiger partial charge in [0.25, 0.3) is 0 Å². The Hall–Kier alpha value is -2.67. The molecule has 96 valence electrons. The Morgan fingerprint density at radius 3 is 2.68 bits per heavy atom. The molecule has 2 aromatic heterocycles. The van der Waals surface area contributed by atoms with Gasteiger partial charge in [0, 0.05) is 18.0 Å². The Kier molecular flexibility index (Phi) is 2.73. The standard InChI is InChI=1S/C12H11N5O2/c13-7-10-15-11(16-19-10)8-1-3-9(4-2-8)17-6-5-14-12(17)18/h1-6H,7,13H2,(H,14,18). The van der Waals surface area contributed by atoms with Crippen molar-refractivity contribution in [3.05, 3.63) is 53.0 Å². The van der Waals surface area contributed by atoms with Crippen LogP contribution >= 0.6 is 0 Å². The second kappa shape index (κ2) is 4.54. The van der Waals surface area contributed by atoms with Gasteiger partial charge in [-0.2, -0.15) is 4.98 Å². The highest BCUT2D eigenvalue weighted by Crippen LogP contribution is 2.17. The molecule has 0 aliphatic carbocycles. The number of nitrogens with two attached hydrogens (primary N) is 1. The van der Waals surface area contributed by atoms with E-state index < -0.39 is 0 Å². The summed E-state index contributed by atoms with van der Waals surface area (Å²) < 4.78 is 6.45. The zero-order valence-corrected chi connectivity index (χ0v) is 9.91. The van der Waals surface area contributed by atoms with Gasteiger partial charge in [-0.25, -0.2) is 4.79 Å². The van der Waals surface area contributed by atoms with Crippen LogP contribution in [0.5, 0.6) is 0 Å². The van der Waals surface area contributed by atoms with Gasteiger partial charge in [-0.3, -0.25) is 4.57 Å². The van der Waals surface area contributed by atoms with Crippen LogP contribution in [0.4, 0.5) is 0 Å². The number of aromatic nitrogens is 4. The minimum absolute atomic E-state index is 0.183. The lowest BCUT2D eigenvalue weighted by molar-refractivity contribution is 0.380. The first kappa shape index (κ1) is 11.4.